The smallest absolute Gasteiger partial charge is 0.330 e. The molecule has 5 rings (SSSR count). The maximum absolute atomic E-state index is 13.2. The molecule has 0 fully saturated rings. The predicted molar refractivity (Wildman–Crippen MR) is 141 cm³/mol. The van der Waals surface area contributed by atoms with Crippen molar-refractivity contribution in [3.8, 4) is 5.69 Å². The van der Waals surface area contributed by atoms with Gasteiger partial charge in [0.25, 0.3) is 0 Å². The van der Waals surface area contributed by atoms with E-state index in [1.165, 1.54) is 21.4 Å². The minimum Gasteiger partial charge on any atom is -0.330 e. The van der Waals surface area contributed by atoms with Crippen LogP contribution in [0.25, 0.3) is 5.69 Å². The summed E-state index contributed by atoms with van der Waals surface area (Å²) >= 11 is 0. The molecule has 0 radical (unpaired) electrons. The first-order valence-corrected chi connectivity index (χ1v) is 12.4. The Kier molecular flexibility index (Phi) is 6.62. The molecule has 1 unspecified atom stereocenters. The summed E-state index contributed by atoms with van der Waals surface area (Å²) < 4.78 is 1.46. The molecule has 1 atom stereocenters. The molecule has 7 heteroatoms. The van der Waals surface area contributed by atoms with E-state index >= 15 is 0 Å². The van der Waals surface area contributed by atoms with Gasteiger partial charge in [0, 0.05) is 6.54 Å². The van der Waals surface area contributed by atoms with Gasteiger partial charge in [0.15, 0.2) is 0 Å². The molecule has 3 aromatic carbocycles. The summed E-state index contributed by atoms with van der Waals surface area (Å²) in [7, 11) is 1.62. The zero-order valence-corrected chi connectivity index (χ0v) is 21.1. The molecule has 1 aromatic heterocycles. The van der Waals surface area contributed by atoms with Gasteiger partial charge in [-0.25, -0.2) is 4.79 Å². The molecular weight excluding hydrogens is 450 g/mol. The highest BCUT2D eigenvalue weighted by Crippen LogP contribution is 2.46. The number of nitrogens with one attached hydrogen (secondary N) is 2. The van der Waals surface area contributed by atoms with Gasteiger partial charge in [-0.2, -0.15) is 10.2 Å². The van der Waals surface area contributed by atoms with Crippen LogP contribution >= 0.6 is 0 Å². The average Bonchev–Trinajstić information content (AvgIpc) is 3.21. The van der Waals surface area contributed by atoms with Gasteiger partial charge in [-0.1, -0.05) is 59.7 Å². The molecule has 36 heavy (non-hydrogen) atoms. The lowest BCUT2D eigenvalue weighted by atomic mass is 9.69. The largest absolute Gasteiger partial charge is 0.348 e. The van der Waals surface area contributed by atoms with Crippen LogP contribution in [0.5, 0.6) is 0 Å². The molecule has 0 spiro atoms. The van der Waals surface area contributed by atoms with Crippen molar-refractivity contribution < 1.29 is 4.84 Å². The van der Waals surface area contributed by atoms with Gasteiger partial charge >= 0.3 is 5.69 Å². The fraction of sp³-hybridized carbons (Fsp3) is 0.310. The summed E-state index contributed by atoms with van der Waals surface area (Å²) in [6, 6.07) is 20.9. The molecule has 186 valence electrons. The molecule has 4 N–H and O–H groups in total. The lowest BCUT2D eigenvalue weighted by molar-refractivity contribution is 0.0867. The number of aromatic amines is 1. The van der Waals surface area contributed by atoms with E-state index in [1.807, 2.05) is 31.2 Å². The number of H-pyrrole nitrogens is 1. The summed E-state index contributed by atoms with van der Waals surface area (Å²) in [6.45, 7) is 5.19. The fourth-order valence-electron chi connectivity index (χ4n) is 5.53. The molecule has 1 aliphatic carbocycles. The SMILES string of the molecule is CONCc1ccc2c(c1)CCc1cc(C)ccc1C2(CCN)c1nn(-c2ccc(C)cc2)c(=O)[nH]1. The molecule has 0 aliphatic heterocycles. The van der Waals surface area contributed by atoms with Crippen molar-refractivity contribution in [2.75, 3.05) is 13.7 Å². The summed E-state index contributed by atoms with van der Waals surface area (Å²) in [4.78, 5) is 21.5. The van der Waals surface area contributed by atoms with Crippen molar-refractivity contribution in [1.29, 1.82) is 0 Å². The topological polar surface area (TPSA) is 98.0 Å². The maximum Gasteiger partial charge on any atom is 0.348 e. The number of fused-ring (bicyclic) bond motifs is 2. The summed E-state index contributed by atoms with van der Waals surface area (Å²) in [5.41, 5.74) is 17.3. The van der Waals surface area contributed by atoms with Gasteiger partial charge in [0.1, 0.15) is 5.82 Å². The number of rotatable bonds is 7. The van der Waals surface area contributed by atoms with Crippen LogP contribution in [-0.2, 0) is 29.6 Å². The minimum atomic E-state index is -0.675. The van der Waals surface area contributed by atoms with Gasteiger partial charge in [-0.3, -0.25) is 4.98 Å². The number of hydroxylamine groups is 1. The number of hydrogen-bond donors (Lipinski definition) is 3. The fourth-order valence-corrected chi connectivity index (χ4v) is 5.53. The molecule has 0 bridgehead atoms. The van der Waals surface area contributed by atoms with Crippen molar-refractivity contribution in [1.82, 2.24) is 20.2 Å². The number of aryl methyl sites for hydroxylation is 4. The Labute approximate surface area is 211 Å². The lowest BCUT2D eigenvalue weighted by Crippen LogP contribution is -2.35. The van der Waals surface area contributed by atoms with Crippen LogP contribution in [-0.4, -0.2) is 28.4 Å². The summed E-state index contributed by atoms with van der Waals surface area (Å²) in [5.74, 6) is 0.620. The third kappa shape index (κ3) is 4.19. The highest BCUT2D eigenvalue weighted by Gasteiger charge is 2.43. The van der Waals surface area contributed by atoms with Crippen molar-refractivity contribution in [3.05, 3.63) is 116 Å². The Morgan fingerprint density at radius 2 is 1.67 bits per heavy atom. The first kappa shape index (κ1) is 24.2. The lowest BCUT2D eigenvalue weighted by Gasteiger charge is -2.34. The van der Waals surface area contributed by atoms with Gasteiger partial charge in [0.05, 0.1) is 18.2 Å². The van der Waals surface area contributed by atoms with Crippen LogP contribution < -0.4 is 16.9 Å². The van der Waals surface area contributed by atoms with E-state index < -0.39 is 5.41 Å². The monoisotopic (exact) mass is 483 g/mol. The van der Waals surface area contributed by atoms with Crippen LogP contribution in [0.1, 0.15) is 51.2 Å². The Balaban J connectivity index is 1.77. The maximum atomic E-state index is 13.2. The van der Waals surface area contributed by atoms with E-state index in [0.29, 0.717) is 25.3 Å². The Bertz CT molecular complexity index is 1440. The summed E-state index contributed by atoms with van der Waals surface area (Å²) in [5, 5.41) is 4.92. The first-order valence-electron chi connectivity index (χ1n) is 12.4. The van der Waals surface area contributed by atoms with Crippen LogP contribution in [0.15, 0.2) is 65.5 Å². The highest BCUT2D eigenvalue weighted by molar-refractivity contribution is 5.56. The highest BCUT2D eigenvalue weighted by atomic mass is 16.6. The van der Waals surface area contributed by atoms with E-state index in [4.69, 9.17) is 15.7 Å². The van der Waals surface area contributed by atoms with Gasteiger partial charge in [0.2, 0.25) is 0 Å². The molecular formula is C29H33N5O2. The van der Waals surface area contributed by atoms with E-state index in [2.05, 4.69) is 53.8 Å². The molecule has 1 aliphatic rings. The molecule has 7 nitrogen and oxygen atoms in total. The van der Waals surface area contributed by atoms with Crippen molar-refractivity contribution >= 4 is 0 Å². The number of aromatic nitrogens is 3. The zero-order valence-electron chi connectivity index (χ0n) is 21.1. The van der Waals surface area contributed by atoms with Crippen LogP contribution in [0.4, 0.5) is 0 Å². The zero-order chi connectivity index (χ0) is 25.3. The van der Waals surface area contributed by atoms with E-state index in [9.17, 15) is 4.79 Å². The molecule has 0 saturated carbocycles. The second-order valence-corrected chi connectivity index (χ2v) is 9.65. The Hall–Kier alpha value is -3.52. The van der Waals surface area contributed by atoms with Crippen molar-refractivity contribution in [2.24, 2.45) is 5.73 Å². The third-order valence-electron chi connectivity index (χ3n) is 7.25. The van der Waals surface area contributed by atoms with Gasteiger partial charge in [-0.15, -0.1) is 5.10 Å². The minimum absolute atomic E-state index is 0.259. The van der Waals surface area contributed by atoms with Crippen LogP contribution in [0.3, 0.4) is 0 Å². The quantitative estimate of drug-likeness (QED) is 0.349. The van der Waals surface area contributed by atoms with E-state index in [1.54, 1.807) is 7.11 Å². The Morgan fingerprint density at radius 1 is 1.00 bits per heavy atom. The standard InChI is InChI=1S/C29H33N5O2/c1-19-4-10-24(11-5-19)34-28(35)32-27(33-34)29(14-15-30)25-12-6-20(2)16-22(25)8-9-23-17-21(18-31-36-3)7-13-26(23)29/h4-7,10-13,16-17,31H,8-9,14-15,18,30H2,1-3H3,(H,32,33,35). The molecule has 0 saturated heterocycles. The first-order chi connectivity index (χ1) is 17.5. The van der Waals surface area contributed by atoms with Gasteiger partial charge in [-0.05, 0) is 79.6 Å². The number of nitrogens with two attached hydrogens (primary N) is 1. The normalized spacial score (nSPS) is 16.9. The second kappa shape index (κ2) is 9.85. The number of hydrogen-bond acceptors (Lipinski definition) is 5. The average molecular weight is 484 g/mol. The van der Waals surface area contributed by atoms with E-state index in [-0.39, 0.29) is 5.69 Å². The van der Waals surface area contributed by atoms with Crippen LogP contribution in [0, 0.1) is 13.8 Å². The molecule has 0 amide bonds. The third-order valence-corrected chi connectivity index (χ3v) is 7.25. The van der Waals surface area contributed by atoms with Crippen LogP contribution in [0.2, 0.25) is 0 Å². The summed E-state index contributed by atoms with van der Waals surface area (Å²) in [6.07, 6.45) is 2.41. The number of benzene rings is 3. The predicted octanol–water partition coefficient (Wildman–Crippen LogP) is 3.61. The number of nitrogens with zero attached hydrogens (tertiary/aromatic N) is 2. The van der Waals surface area contributed by atoms with E-state index in [0.717, 1.165) is 40.8 Å². The molecule has 4 aromatic rings. The Morgan fingerprint density at radius 3 is 2.36 bits per heavy atom. The second-order valence-electron chi connectivity index (χ2n) is 9.65. The van der Waals surface area contributed by atoms with Crippen molar-refractivity contribution in [2.45, 2.75) is 45.1 Å². The van der Waals surface area contributed by atoms with Crippen molar-refractivity contribution in [3.63, 3.8) is 0 Å². The molecule has 1 heterocycles. The van der Waals surface area contributed by atoms with Gasteiger partial charge < -0.3 is 10.6 Å².